The van der Waals surface area contributed by atoms with Gasteiger partial charge in [0, 0.05) is 11.1 Å². The van der Waals surface area contributed by atoms with Crippen molar-refractivity contribution in [2.75, 3.05) is 5.75 Å². The Morgan fingerprint density at radius 1 is 1.09 bits per heavy atom. The number of H-pyrrole nitrogens is 1. The minimum absolute atomic E-state index is 0.0298. The maximum Gasteiger partial charge on any atom is 0.290 e. The summed E-state index contributed by atoms with van der Waals surface area (Å²) in [4.78, 5) is 3.28. The third kappa shape index (κ3) is 4.35. The topological polar surface area (TPSA) is 86.1 Å². The van der Waals surface area contributed by atoms with Gasteiger partial charge in [0.05, 0.1) is 28.3 Å². The number of hydrogen-bond acceptors (Lipinski definition) is 4. The zero-order chi connectivity index (χ0) is 22.9. The summed E-state index contributed by atoms with van der Waals surface area (Å²) in [7, 11) is -3.38. The van der Waals surface area contributed by atoms with E-state index in [2.05, 4.69) is 11.9 Å². The fourth-order valence-electron chi connectivity index (χ4n) is 4.80. The molecule has 1 fully saturated rings. The van der Waals surface area contributed by atoms with Crippen LogP contribution in [0.5, 0.6) is 5.75 Å². The second kappa shape index (κ2) is 9.14. The molecule has 0 aliphatic heterocycles. The Hall–Kier alpha value is -2.54. The molecule has 0 unspecified atom stereocenters. The van der Waals surface area contributed by atoms with Crippen LogP contribution in [0.3, 0.4) is 0 Å². The first kappa shape index (κ1) is 22.6. The smallest absolute Gasteiger partial charge is 0.290 e. The van der Waals surface area contributed by atoms with E-state index in [0.717, 1.165) is 34.4 Å². The zero-order valence-electron chi connectivity index (χ0n) is 19.1. The van der Waals surface area contributed by atoms with Gasteiger partial charge in [0.2, 0.25) is 0 Å². The minimum Gasteiger partial charge on any atom is -0.710 e. The number of nitrogens with one attached hydrogen (secondary N) is 1. The highest BCUT2D eigenvalue weighted by atomic mass is 32.2. The number of nitrogens with zero attached hydrogens (tertiary/aromatic N) is 1. The summed E-state index contributed by atoms with van der Waals surface area (Å²) in [6.07, 6.45) is 8.67. The molecule has 2 heterocycles. The third-order valence-corrected chi connectivity index (χ3v) is 8.39. The molecular formula is C25H32N2O4S. The lowest BCUT2D eigenvalue weighted by Crippen LogP contribution is -2.31. The van der Waals surface area contributed by atoms with Crippen LogP contribution in [0.1, 0.15) is 58.1 Å². The lowest BCUT2D eigenvalue weighted by molar-refractivity contribution is -0.586. The molecule has 7 heteroatoms. The van der Waals surface area contributed by atoms with Crippen LogP contribution < -0.4 is 9.47 Å². The molecule has 0 radical (unpaired) electrons. The minimum atomic E-state index is -3.38. The number of rotatable bonds is 7. The van der Waals surface area contributed by atoms with Crippen LogP contribution in [0.2, 0.25) is 0 Å². The number of hydrogen-bond donors (Lipinski definition) is 1. The largest absolute Gasteiger partial charge is 0.710 e. The quantitative estimate of drug-likeness (QED) is 0.386. The van der Waals surface area contributed by atoms with E-state index in [-0.39, 0.29) is 16.8 Å². The summed E-state index contributed by atoms with van der Waals surface area (Å²) < 4.78 is 32.6. The molecule has 32 heavy (non-hydrogen) atoms. The molecule has 1 saturated carbocycles. The van der Waals surface area contributed by atoms with E-state index in [1.54, 1.807) is 38.2 Å². The normalized spacial score (nSPS) is 19.3. The summed E-state index contributed by atoms with van der Waals surface area (Å²) in [5.74, 6) is 1.48. The van der Waals surface area contributed by atoms with Gasteiger partial charge in [-0.05, 0) is 68.9 Å². The van der Waals surface area contributed by atoms with Gasteiger partial charge in [-0.1, -0.05) is 26.7 Å². The van der Waals surface area contributed by atoms with Gasteiger partial charge in [-0.3, -0.25) is 0 Å². The van der Waals surface area contributed by atoms with E-state index in [1.165, 1.54) is 25.7 Å². The highest BCUT2D eigenvalue weighted by Crippen LogP contribution is 2.39. The molecule has 2 aromatic heterocycles. The molecule has 1 N–H and O–H groups in total. The van der Waals surface area contributed by atoms with Crippen molar-refractivity contribution in [2.24, 2.45) is 5.92 Å². The lowest BCUT2D eigenvalue weighted by Gasteiger charge is -2.29. The molecule has 0 amide bonds. The second-order valence-electron chi connectivity index (χ2n) is 8.84. The Labute approximate surface area is 190 Å². The van der Waals surface area contributed by atoms with Crippen LogP contribution in [-0.2, 0) is 9.84 Å². The number of aryl methyl sites for hydroxylation is 1. The van der Waals surface area contributed by atoms with E-state index in [9.17, 15) is 13.6 Å². The first-order chi connectivity index (χ1) is 15.3. The Morgan fingerprint density at radius 3 is 2.53 bits per heavy atom. The van der Waals surface area contributed by atoms with Gasteiger partial charge in [0.25, 0.3) is 5.65 Å². The summed E-state index contributed by atoms with van der Waals surface area (Å²) in [6.45, 7) is 5.63. The molecule has 0 bridgehead atoms. The van der Waals surface area contributed by atoms with Gasteiger partial charge in [-0.15, -0.1) is 0 Å². The molecular weight excluding hydrogens is 424 g/mol. The first-order valence-electron chi connectivity index (χ1n) is 11.6. The average Bonchev–Trinajstić information content (AvgIpc) is 3.28. The van der Waals surface area contributed by atoms with Crippen LogP contribution in [-0.4, -0.2) is 25.3 Å². The van der Waals surface area contributed by atoms with Crippen molar-refractivity contribution in [3.05, 3.63) is 47.4 Å². The Kier molecular flexibility index (Phi) is 6.47. The predicted molar refractivity (Wildman–Crippen MR) is 126 cm³/mol. The zero-order valence-corrected chi connectivity index (χ0v) is 19.9. The van der Waals surface area contributed by atoms with E-state index < -0.39 is 9.84 Å². The van der Waals surface area contributed by atoms with Gasteiger partial charge in [0.1, 0.15) is 11.4 Å². The Balaban J connectivity index is 1.77. The third-order valence-electron chi connectivity index (χ3n) is 6.66. The standard InChI is InChI=1S/C25H32N2O4S/c1-4-6-18-7-9-19(10-8-18)31-24-12-11-20(32(29,30)5-2)16-23(24)22-15-17(3)27(28)25-21(22)13-14-26-25/h11-16,18-19,26H,4-10H2,1-3H3/t18-,19-. The van der Waals surface area contributed by atoms with E-state index in [1.807, 2.05) is 12.1 Å². The molecule has 1 aromatic carbocycles. The molecule has 6 nitrogen and oxygen atoms in total. The van der Waals surface area contributed by atoms with Crippen molar-refractivity contribution in [3.63, 3.8) is 0 Å². The fraction of sp³-hybridized carbons (Fsp3) is 0.480. The van der Waals surface area contributed by atoms with Crippen LogP contribution in [0.15, 0.2) is 41.4 Å². The van der Waals surface area contributed by atoms with Gasteiger partial charge in [-0.2, -0.15) is 0 Å². The van der Waals surface area contributed by atoms with E-state index in [4.69, 9.17) is 4.74 Å². The SMILES string of the molecule is CCC[C@H]1CC[C@H](Oc2ccc(S(=O)(=O)CC)cc2-c2cc(C)[n+]([O-])c3[nH]ccc23)CC1. The number of pyridine rings is 1. The van der Waals surface area contributed by atoms with E-state index >= 15 is 0 Å². The van der Waals surface area contributed by atoms with Gasteiger partial charge in [0.15, 0.2) is 9.84 Å². The molecule has 4 rings (SSSR count). The fourth-order valence-corrected chi connectivity index (χ4v) is 5.71. The maximum atomic E-state index is 12.6. The van der Waals surface area contributed by atoms with Gasteiger partial charge in [-0.25, -0.2) is 18.1 Å². The molecule has 0 spiro atoms. The summed E-state index contributed by atoms with van der Waals surface area (Å²) in [6, 6.07) is 8.78. The Morgan fingerprint density at radius 2 is 1.84 bits per heavy atom. The average molecular weight is 457 g/mol. The van der Waals surface area contributed by atoms with Crippen molar-refractivity contribution < 1.29 is 17.9 Å². The van der Waals surface area contributed by atoms with Crippen LogP contribution >= 0.6 is 0 Å². The molecule has 1 aliphatic carbocycles. The van der Waals surface area contributed by atoms with Crippen molar-refractivity contribution >= 4 is 20.9 Å². The van der Waals surface area contributed by atoms with Crippen molar-refractivity contribution in [1.29, 1.82) is 0 Å². The summed E-state index contributed by atoms with van der Waals surface area (Å²) in [5.41, 5.74) is 2.50. The molecule has 1 aliphatic rings. The highest BCUT2D eigenvalue weighted by molar-refractivity contribution is 7.91. The molecule has 3 aromatic rings. The molecule has 172 valence electrons. The van der Waals surface area contributed by atoms with Crippen molar-refractivity contribution in [1.82, 2.24) is 4.98 Å². The first-order valence-corrected chi connectivity index (χ1v) is 13.2. The molecule has 0 saturated heterocycles. The number of ether oxygens (including phenoxy) is 1. The van der Waals surface area contributed by atoms with Crippen LogP contribution in [0.4, 0.5) is 0 Å². The maximum absolute atomic E-state index is 12.6. The number of benzene rings is 1. The second-order valence-corrected chi connectivity index (χ2v) is 11.1. The predicted octanol–water partition coefficient (Wildman–Crippen LogP) is 5.31. The number of fused-ring (bicyclic) bond motifs is 1. The van der Waals surface area contributed by atoms with Crippen molar-refractivity contribution in [3.8, 4) is 16.9 Å². The van der Waals surface area contributed by atoms with Crippen LogP contribution in [0.25, 0.3) is 22.2 Å². The van der Waals surface area contributed by atoms with Crippen LogP contribution in [0, 0.1) is 18.0 Å². The van der Waals surface area contributed by atoms with E-state index in [0.29, 0.717) is 22.7 Å². The number of aromatic amines is 1. The number of sulfone groups is 1. The highest BCUT2D eigenvalue weighted by Gasteiger charge is 2.25. The lowest BCUT2D eigenvalue weighted by atomic mass is 9.84. The summed E-state index contributed by atoms with van der Waals surface area (Å²) >= 11 is 0. The van der Waals surface area contributed by atoms with Crippen molar-refractivity contribution in [2.45, 2.75) is 70.3 Å². The monoisotopic (exact) mass is 456 g/mol. The van der Waals surface area contributed by atoms with Gasteiger partial charge >= 0.3 is 0 Å². The van der Waals surface area contributed by atoms with Gasteiger partial charge < -0.3 is 9.94 Å². The number of aromatic nitrogens is 2. The summed E-state index contributed by atoms with van der Waals surface area (Å²) in [5, 5.41) is 13.2. The Bertz CT molecular complexity index is 1210. The molecule has 0 atom stereocenters.